The Kier molecular flexibility index (Phi) is 11.6. The van der Waals surface area contributed by atoms with Crippen LogP contribution in [0.25, 0.3) is 0 Å². The molecular weight excluding hydrogens is 484 g/mol. The minimum absolute atomic E-state index is 0.0214. The molecule has 0 radical (unpaired) electrons. The van der Waals surface area contributed by atoms with Crippen molar-refractivity contribution >= 4 is 17.7 Å². The van der Waals surface area contributed by atoms with E-state index in [1.165, 1.54) is 0 Å². The number of hydrogen-bond donors (Lipinski definition) is 5. The molecule has 1 aliphatic heterocycles. The Hall–Kier alpha value is -3.43. The van der Waals surface area contributed by atoms with Crippen LogP contribution in [0.1, 0.15) is 37.8 Å². The van der Waals surface area contributed by atoms with Gasteiger partial charge in [0.1, 0.15) is 24.4 Å². The summed E-state index contributed by atoms with van der Waals surface area (Å²) < 4.78 is 6.01. The van der Waals surface area contributed by atoms with Crippen molar-refractivity contribution in [1.82, 2.24) is 21.3 Å². The van der Waals surface area contributed by atoms with Gasteiger partial charge >= 0.3 is 0 Å². The van der Waals surface area contributed by atoms with Crippen molar-refractivity contribution in [3.63, 3.8) is 0 Å². The second kappa shape index (κ2) is 15.1. The number of hydrogen-bond acceptors (Lipinski definition) is 6. The first-order valence-corrected chi connectivity index (χ1v) is 13.4. The predicted molar refractivity (Wildman–Crippen MR) is 146 cm³/mol. The lowest BCUT2D eigenvalue weighted by atomic mass is 9.98. The molecule has 0 saturated carbocycles. The summed E-state index contributed by atoms with van der Waals surface area (Å²) in [5.74, 6) is -0.569. The van der Waals surface area contributed by atoms with Gasteiger partial charge in [-0.15, -0.1) is 0 Å². The van der Waals surface area contributed by atoms with Crippen LogP contribution in [0.3, 0.4) is 0 Å². The molecule has 1 unspecified atom stereocenters. The van der Waals surface area contributed by atoms with E-state index in [2.05, 4.69) is 21.3 Å². The molecule has 206 valence electrons. The smallest absolute Gasteiger partial charge is 0.245 e. The number of aryl methyl sites for hydroxylation is 1. The van der Waals surface area contributed by atoms with Crippen LogP contribution in [0.15, 0.2) is 54.6 Å². The van der Waals surface area contributed by atoms with Crippen LogP contribution in [0.5, 0.6) is 5.75 Å². The molecule has 3 rings (SSSR count). The molecular formula is C29H40N4O5. The molecule has 0 spiro atoms. The Bertz CT molecular complexity index is 1050. The van der Waals surface area contributed by atoms with Gasteiger partial charge in [0, 0.05) is 19.5 Å². The molecule has 0 aliphatic carbocycles. The van der Waals surface area contributed by atoms with Crippen molar-refractivity contribution < 1.29 is 24.2 Å². The van der Waals surface area contributed by atoms with E-state index in [0.29, 0.717) is 32.5 Å². The molecule has 38 heavy (non-hydrogen) atoms. The average molecular weight is 525 g/mol. The first-order valence-electron chi connectivity index (χ1n) is 13.4. The van der Waals surface area contributed by atoms with Gasteiger partial charge in [-0.3, -0.25) is 14.4 Å². The fourth-order valence-electron chi connectivity index (χ4n) is 4.42. The summed E-state index contributed by atoms with van der Waals surface area (Å²) >= 11 is 0. The maximum absolute atomic E-state index is 13.2. The van der Waals surface area contributed by atoms with Gasteiger partial charge in [0.25, 0.3) is 0 Å². The van der Waals surface area contributed by atoms with Crippen LogP contribution < -0.4 is 26.0 Å². The van der Waals surface area contributed by atoms with E-state index in [1.807, 2.05) is 68.4 Å². The van der Waals surface area contributed by atoms with E-state index in [4.69, 9.17) is 4.74 Å². The molecule has 0 bridgehead atoms. The second-order valence-electron chi connectivity index (χ2n) is 9.66. The van der Waals surface area contributed by atoms with E-state index in [9.17, 15) is 19.5 Å². The maximum atomic E-state index is 13.2. The van der Waals surface area contributed by atoms with Gasteiger partial charge in [-0.2, -0.15) is 0 Å². The summed E-state index contributed by atoms with van der Waals surface area (Å²) in [6, 6.07) is 14.5. The van der Waals surface area contributed by atoms with Crippen molar-refractivity contribution in [3.8, 4) is 5.75 Å². The molecule has 4 atom stereocenters. The van der Waals surface area contributed by atoms with Crippen molar-refractivity contribution in [2.45, 2.75) is 57.7 Å². The van der Waals surface area contributed by atoms with Crippen molar-refractivity contribution in [2.75, 3.05) is 26.3 Å². The third-order valence-electron chi connectivity index (χ3n) is 6.85. The lowest BCUT2D eigenvalue weighted by molar-refractivity contribution is -0.133. The second-order valence-corrected chi connectivity index (χ2v) is 9.66. The van der Waals surface area contributed by atoms with Gasteiger partial charge in [0.05, 0.1) is 12.6 Å². The summed E-state index contributed by atoms with van der Waals surface area (Å²) in [5, 5.41) is 21.5. The maximum Gasteiger partial charge on any atom is 0.245 e. The number of rotatable bonds is 5. The first kappa shape index (κ1) is 29.1. The summed E-state index contributed by atoms with van der Waals surface area (Å²) in [6.45, 7) is 4.56. The normalized spacial score (nSPS) is 22.9. The number of ether oxygens (including phenoxy) is 1. The summed E-state index contributed by atoms with van der Waals surface area (Å²) in [4.78, 5) is 39.4. The molecule has 9 nitrogen and oxygen atoms in total. The number of nitrogens with one attached hydrogen (secondary N) is 4. The Morgan fingerprint density at radius 1 is 0.921 bits per heavy atom. The van der Waals surface area contributed by atoms with E-state index in [0.717, 1.165) is 23.3 Å². The zero-order valence-electron chi connectivity index (χ0n) is 22.2. The van der Waals surface area contributed by atoms with E-state index in [1.54, 1.807) is 0 Å². The highest BCUT2D eigenvalue weighted by molar-refractivity contribution is 5.93. The number of aliphatic hydroxyl groups is 1. The quantitative estimate of drug-likeness (QED) is 0.402. The Balaban J connectivity index is 1.83. The van der Waals surface area contributed by atoms with Gasteiger partial charge in [-0.1, -0.05) is 68.8 Å². The van der Waals surface area contributed by atoms with Crippen molar-refractivity contribution in [3.05, 3.63) is 65.7 Å². The highest BCUT2D eigenvalue weighted by Gasteiger charge is 2.30. The van der Waals surface area contributed by atoms with Crippen molar-refractivity contribution in [1.29, 1.82) is 0 Å². The largest absolute Gasteiger partial charge is 0.492 e. The number of carbonyl (C=O) groups excluding carboxylic acids is 3. The zero-order chi connectivity index (χ0) is 27.3. The molecule has 0 aromatic heterocycles. The number of benzene rings is 2. The average Bonchev–Trinajstić information content (AvgIpc) is 2.93. The molecule has 0 saturated heterocycles. The van der Waals surface area contributed by atoms with Crippen LogP contribution >= 0.6 is 0 Å². The lowest BCUT2D eigenvalue weighted by Gasteiger charge is -2.27. The third-order valence-corrected chi connectivity index (χ3v) is 6.85. The Morgan fingerprint density at radius 3 is 2.37 bits per heavy atom. The summed E-state index contributed by atoms with van der Waals surface area (Å²) in [7, 11) is 0. The highest BCUT2D eigenvalue weighted by atomic mass is 16.5. The minimum atomic E-state index is -1.19. The van der Waals surface area contributed by atoms with Crippen LogP contribution in [-0.2, 0) is 27.2 Å². The Morgan fingerprint density at radius 2 is 1.63 bits per heavy atom. The van der Waals surface area contributed by atoms with E-state index >= 15 is 0 Å². The standard InChI is InChI=1S/C29H40N4O5/c1-3-20(2)26-29(37)33-24(19-34)28(36)32-23(18-21-10-5-4-6-11-21)27(35)31-15-9-13-22-12-7-8-14-25(22)38-17-16-30-26/h4-8,10-12,14,20,23-24,26,30,34H,3,9,13,15-19H2,1-2H3,(H,31,35)(H,32,36)(H,33,37)/t20?,23-,24-,26+/m1/s1. The van der Waals surface area contributed by atoms with Gasteiger partial charge in [0.15, 0.2) is 0 Å². The topological polar surface area (TPSA) is 129 Å². The van der Waals surface area contributed by atoms with Crippen LogP contribution in [-0.4, -0.2) is 67.3 Å². The molecule has 9 heteroatoms. The SMILES string of the molecule is CCC(C)[C@@H]1NCCOc2ccccc2CCCNC(=O)[C@@H](Cc2ccccc2)NC(=O)[C@@H](CO)NC1=O. The number of carbonyl (C=O) groups is 3. The van der Waals surface area contributed by atoms with Gasteiger partial charge in [0.2, 0.25) is 17.7 Å². The summed E-state index contributed by atoms with van der Waals surface area (Å²) in [6.07, 6.45) is 2.42. The van der Waals surface area contributed by atoms with E-state index in [-0.39, 0.29) is 24.2 Å². The highest BCUT2D eigenvalue weighted by Crippen LogP contribution is 2.19. The van der Waals surface area contributed by atoms with Gasteiger partial charge in [-0.25, -0.2) is 0 Å². The molecule has 1 aliphatic rings. The van der Waals surface area contributed by atoms with Crippen molar-refractivity contribution in [2.24, 2.45) is 5.92 Å². The third kappa shape index (κ3) is 8.56. The number of fused-ring (bicyclic) bond motifs is 1. The molecule has 1 heterocycles. The van der Waals surface area contributed by atoms with Crippen LogP contribution in [0.4, 0.5) is 0 Å². The minimum Gasteiger partial charge on any atom is -0.492 e. The van der Waals surface area contributed by atoms with Gasteiger partial charge < -0.3 is 31.1 Å². The molecule has 3 amide bonds. The molecule has 2 aromatic rings. The number of para-hydroxylation sites is 1. The zero-order valence-corrected chi connectivity index (χ0v) is 22.2. The van der Waals surface area contributed by atoms with E-state index < -0.39 is 30.6 Å². The fourth-order valence-corrected chi connectivity index (χ4v) is 4.42. The lowest BCUT2D eigenvalue weighted by Crippen LogP contribution is -2.59. The molecule has 2 aromatic carbocycles. The molecule has 5 N–H and O–H groups in total. The predicted octanol–water partition coefficient (Wildman–Crippen LogP) is 1.34. The van der Waals surface area contributed by atoms with Crippen LogP contribution in [0.2, 0.25) is 0 Å². The number of aliphatic hydroxyl groups excluding tert-OH is 1. The molecule has 0 fully saturated rings. The van der Waals surface area contributed by atoms with Crippen LogP contribution in [0, 0.1) is 5.92 Å². The fraction of sp³-hybridized carbons (Fsp3) is 0.483. The number of amides is 3. The Labute approximate surface area is 224 Å². The first-order chi connectivity index (χ1) is 18.4. The van der Waals surface area contributed by atoms with Gasteiger partial charge in [-0.05, 0) is 36.0 Å². The monoisotopic (exact) mass is 524 g/mol. The summed E-state index contributed by atoms with van der Waals surface area (Å²) in [5.41, 5.74) is 1.92.